The van der Waals surface area contributed by atoms with Crippen molar-refractivity contribution in [2.24, 2.45) is 21.5 Å². The molecule has 0 saturated carbocycles. The number of aromatic nitrogens is 4. The zero-order chi connectivity index (χ0) is 105. The number of carboxylic acids is 1. The number of amides is 6. The van der Waals surface area contributed by atoms with Gasteiger partial charge in [-0.25, -0.2) is 24.2 Å². The van der Waals surface area contributed by atoms with E-state index in [-0.39, 0.29) is 84.8 Å². The first kappa shape index (κ1) is 113. The number of nitrogens with two attached hydrogens (primary N) is 2. The van der Waals surface area contributed by atoms with Crippen LogP contribution >= 0.6 is 31.9 Å². The van der Waals surface area contributed by atoms with Crippen LogP contribution in [-0.4, -0.2) is 174 Å². The summed E-state index contributed by atoms with van der Waals surface area (Å²) in [6, 6.07) is 60.2. The maximum atomic E-state index is 13.3. The molecule has 14 rings (SSSR count). The van der Waals surface area contributed by atoms with Gasteiger partial charge < -0.3 is 96.4 Å². The molecule has 3 aliphatic heterocycles. The number of rotatable bonds is 26. The van der Waals surface area contributed by atoms with Crippen molar-refractivity contribution >= 4 is 104 Å². The molecule has 0 aliphatic carbocycles. The number of nitrogens with zero attached hydrogens (tertiary/aromatic N) is 6. The summed E-state index contributed by atoms with van der Waals surface area (Å²) >= 11 is 6.46. The molecule has 11 aromatic rings. The number of ether oxygens (including phenoxy) is 7. The Morgan fingerprint density at radius 3 is 1.15 bits per heavy atom. The molecule has 35 heteroatoms. The SMILES string of the molecule is CC(=N)c1cc(B2OC(C)(C)C(C)(C)O2)ccc1C.COc1cccc(C(CN)NC(=O)c2cc(-c3ccc4c(c3)C(C)=NC4)ccn2)c1.COc1cccc(C(CNC(=O)OC(C)(C)C)NC(=O)c2cc(-c3ccc4c(c3)C(C)=NC4)ccn2)c1.COc1cccc(C(CNC(=O)OC(C)(C)C)NC(=O)c2cc(Br)ccn2)c1.COc1cccc(C(N)CNC(=O)OC(C)(C)C)c1.O=C(O)c1cc(Br)ccn1. The van der Waals surface area contributed by atoms with Crippen molar-refractivity contribution in [3.05, 3.63) is 312 Å². The molecule has 12 N–H and O–H groups in total. The zero-order valence-corrected chi connectivity index (χ0v) is 87.7. The van der Waals surface area contributed by atoms with E-state index in [4.69, 9.17) is 64.4 Å². The average Bonchev–Trinajstić information content (AvgIpc) is 1.61. The Labute approximate surface area is 853 Å². The van der Waals surface area contributed by atoms with Gasteiger partial charge in [-0.3, -0.25) is 39.3 Å². The molecule has 4 aromatic heterocycles. The average molecular weight is 2080 g/mol. The third kappa shape index (κ3) is 34.6. The minimum atomic E-state index is -1.01. The lowest BCUT2D eigenvalue weighted by atomic mass is 9.77. The molecule has 0 bridgehead atoms. The maximum Gasteiger partial charge on any atom is 0.494 e. The van der Waals surface area contributed by atoms with E-state index in [1.807, 2.05) is 191 Å². The molecule has 32 nitrogen and oxygen atoms in total. The van der Waals surface area contributed by atoms with Gasteiger partial charge in [0.1, 0.15) is 62.6 Å². The molecule has 4 unspecified atom stereocenters. The van der Waals surface area contributed by atoms with Gasteiger partial charge >= 0.3 is 31.4 Å². The van der Waals surface area contributed by atoms with Crippen molar-refractivity contribution in [2.45, 2.75) is 183 Å². The van der Waals surface area contributed by atoms with Crippen LogP contribution in [0.3, 0.4) is 0 Å². The van der Waals surface area contributed by atoms with Gasteiger partial charge in [0, 0.05) is 94.2 Å². The minimum Gasteiger partial charge on any atom is -0.497 e. The van der Waals surface area contributed by atoms with E-state index >= 15 is 0 Å². The van der Waals surface area contributed by atoms with Crippen molar-refractivity contribution in [3.8, 4) is 45.3 Å². The van der Waals surface area contributed by atoms with Crippen LogP contribution in [-0.2, 0) is 36.6 Å². The quantitative estimate of drug-likeness (QED) is 0.0137. The summed E-state index contributed by atoms with van der Waals surface area (Å²) in [5, 5.41) is 33.2. The van der Waals surface area contributed by atoms with Gasteiger partial charge in [0.25, 0.3) is 17.7 Å². The molecule has 6 amide bonds. The number of carbonyl (C=O) groups excluding carboxylic acids is 6. The molecule has 754 valence electrons. The zero-order valence-electron chi connectivity index (χ0n) is 84.6. The van der Waals surface area contributed by atoms with Crippen molar-refractivity contribution in [1.82, 2.24) is 51.8 Å². The Kier molecular flexibility index (Phi) is 40.6. The van der Waals surface area contributed by atoms with Gasteiger partial charge in [0.2, 0.25) is 0 Å². The van der Waals surface area contributed by atoms with Crippen LogP contribution in [0.4, 0.5) is 14.4 Å². The summed E-state index contributed by atoms with van der Waals surface area (Å²) in [7, 11) is 5.99. The number of hydrogen-bond acceptors (Lipinski definition) is 25. The first-order chi connectivity index (χ1) is 67.5. The number of alkyl carbamates (subject to hydrolysis) is 3. The molecule has 3 aliphatic rings. The lowest BCUT2D eigenvalue weighted by Gasteiger charge is -2.32. The first-order valence-electron chi connectivity index (χ1n) is 46.1. The van der Waals surface area contributed by atoms with E-state index in [0.29, 0.717) is 36.0 Å². The Hall–Kier alpha value is -14.1. The number of carbonyl (C=O) groups is 7. The molecule has 0 spiro atoms. The summed E-state index contributed by atoms with van der Waals surface area (Å²) in [5.41, 5.74) is 28.0. The smallest absolute Gasteiger partial charge is 0.494 e. The highest BCUT2D eigenvalue weighted by Crippen LogP contribution is 2.38. The maximum absolute atomic E-state index is 13.3. The van der Waals surface area contributed by atoms with Crippen LogP contribution in [0.1, 0.15) is 233 Å². The van der Waals surface area contributed by atoms with E-state index in [0.717, 1.165) is 111 Å². The second-order valence-corrected chi connectivity index (χ2v) is 39.2. The summed E-state index contributed by atoms with van der Waals surface area (Å²) in [6.07, 6.45) is 4.66. The molecular weight excluding hydrogens is 1950 g/mol. The fourth-order valence-electron chi connectivity index (χ4n) is 14.3. The summed E-state index contributed by atoms with van der Waals surface area (Å²) in [5.74, 6) is 0.746. The molecular formula is C108H128BBr2N15O17. The third-order valence-electron chi connectivity index (χ3n) is 22.4. The van der Waals surface area contributed by atoms with E-state index in [1.165, 1.54) is 23.4 Å². The number of pyridine rings is 4. The minimum absolute atomic E-state index is 0.0503. The van der Waals surface area contributed by atoms with E-state index < -0.39 is 53.1 Å². The van der Waals surface area contributed by atoms with Crippen LogP contribution in [0.25, 0.3) is 22.3 Å². The molecule has 4 atom stereocenters. The highest BCUT2D eigenvalue weighted by Gasteiger charge is 2.52. The lowest BCUT2D eigenvalue weighted by molar-refractivity contribution is 0.00578. The van der Waals surface area contributed by atoms with Crippen LogP contribution in [0, 0.1) is 12.3 Å². The second-order valence-electron chi connectivity index (χ2n) is 37.4. The Morgan fingerprint density at radius 1 is 0.448 bits per heavy atom. The Balaban J connectivity index is 0.000000198. The number of methoxy groups -OCH3 is 4. The van der Waals surface area contributed by atoms with Crippen LogP contribution < -0.4 is 67.8 Å². The van der Waals surface area contributed by atoms with Gasteiger partial charge in [-0.05, 0) is 299 Å². The number of aliphatic imine (C=N–C) groups is 2. The molecule has 7 aromatic carbocycles. The van der Waals surface area contributed by atoms with Gasteiger partial charge in [-0.2, -0.15) is 0 Å². The van der Waals surface area contributed by atoms with Crippen LogP contribution in [0.15, 0.2) is 244 Å². The number of benzene rings is 7. The summed E-state index contributed by atoms with van der Waals surface area (Å²) in [4.78, 5) is 110. The number of aryl methyl sites for hydroxylation is 1. The molecule has 0 radical (unpaired) electrons. The number of halogens is 2. The molecule has 7 heterocycles. The van der Waals surface area contributed by atoms with E-state index in [2.05, 4.69) is 124 Å². The Bertz CT molecular complexity index is 6360. The van der Waals surface area contributed by atoms with Crippen molar-refractivity contribution < 1.29 is 81.1 Å². The number of hydrogen-bond donors (Lipinski definition) is 10. The van der Waals surface area contributed by atoms with Crippen molar-refractivity contribution in [2.75, 3.05) is 54.6 Å². The lowest BCUT2D eigenvalue weighted by Crippen LogP contribution is -2.41. The fourth-order valence-corrected chi connectivity index (χ4v) is 14.9. The molecule has 1 saturated heterocycles. The predicted molar refractivity (Wildman–Crippen MR) is 563 cm³/mol. The van der Waals surface area contributed by atoms with E-state index in [9.17, 15) is 33.6 Å². The first-order valence-corrected chi connectivity index (χ1v) is 47.7. The number of nitrogens with one attached hydrogen (secondary N) is 7. The van der Waals surface area contributed by atoms with Gasteiger partial charge in [0.05, 0.1) is 70.9 Å². The van der Waals surface area contributed by atoms with Crippen molar-refractivity contribution in [1.29, 1.82) is 5.41 Å². The topological polar surface area (TPSA) is 447 Å². The standard InChI is InChI=1S/C29H32N4O4.C24H24N4O2.C20H24BrN3O4.C15H22BNO2.C14H22N2O3.C6H4BrNO2/c1-18-24-14-19(9-10-22(24)16-31-18)20-11-12-30-25(15-20)27(34)33-26(17-32-28(35)37-29(2,3)4)21-7-6-8-23(13-21)36-5;1-15-21-11-16(6-7-19(21)14-27-15)17-8-9-26-22(12-17)24(29)28-23(13-25)18-4-3-5-20(10-18)30-2;1-20(2,3)28-19(26)23-12-17(13-6-5-7-15(10-13)27-4)24-18(25)16-11-14(21)8-9-22-16;1-10-7-8-12(9-13(10)11(2)17)16-18-14(3,4)15(5,6)19-16;1-14(2,3)19-13(17)16-9-12(15)10-6-5-7-11(8-10)18-4;7-4-1-2-8-5(3-4)6(9)10/h6-15,26H,16-17H2,1-5H3,(H,32,35)(H,33,34);3-12,23H,13-14,25H2,1-2H3,(H,28,29);5-11,17H,12H2,1-4H3,(H,23,26)(H,24,25);7-9,17H,1-6H3;5-8,12H,9,15H2,1-4H3,(H,16,17);1-3H,(H,9,10). The largest absolute Gasteiger partial charge is 0.497 e. The van der Waals surface area contributed by atoms with Gasteiger partial charge in [-0.15, -0.1) is 0 Å². The highest BCUT2D eigenvalue weighted by atomic mass is 79.9. The van der Waals surface area contributed by atoms with Crippen LogP contribution in [0.2, 0.25) is 0 Å². The molecule has 1 fully saturated rings. The second kappa shape index (κ2) is 51.5. The summed E-state index contributed by atoms with van der Waals surface area (Å²) < 4.78 is 50.3. The fraction of sp³-hybridized carbons (Fsp3) is 0.333. The third-order valence-corrected chi connectivity index (χ3v) is 23.4. The predicted octanol–water partition coefficient (Wildman–Crippen LogP) is 18.9. The number of fused-ring (bicyclic) bond motifs is 2. The monoisotopic (exact) mass is 2080 g/mol. The Morgan fingerprint density at radius 2 is 0.790 bits per heavy atom. The van der Waals surface area contributed by atoms with E-state index in [1.54, 1.807) is 138 Å². The summed E-state index contributed by atoms with van der Waals surface area (Å²) in [6.45, 7) is 34.5. The van der Waals surface area contributed by atoms with Crippen molar-refractivity contribution in [3.63, 3.8) is 0 Å². The van der Waals surface area contributed by atoms with Gasteiger partial charge in [-0.1, -0.05) is 123 Å². The highest BCUT2D eigenvalue weighted by molar-refractivity contribution is 9.10. The van der Waals surface area contributed by atoms with Gasteiger partial charge in [0.15, 0.2) is 0 Å². The number of aromatic carboxylic acids is 1. The van der Waals surface area contributed by atoms with Crippen LogP contribution in [0.5, 0.6) is 23.0 Å². The number of carboxylic acid groups (broad SMARTS) is 1. The molecule has 143 heavy (non-hydrogen) atoms. The normalized spacial score (nSPS) is 13.7.